The van der Waals surface area contributed by atoms with Gasteiger partial charge in [-0.1, -0.05) is 92.9 Å². The third-order valence-electron chi connectivity index (χ3n) is 9.02. The van der Waals surface area contributed by atoms with Gasteiger partial charge in [0.1, 0.15) is 6.04 Å². The highest BCUT2D eigenvalue weighted by molar-refractivity contribution is 5.92. The first-order valence-corrected chi connectivity index (χ1v) is 16.5. The van der Waals surface area contributed by atoms with E-state index in [1.54, 1.807) is 0 Å². The Balaban J connectivity index is 1.28. The van der Waals surface area contributed by atoms with Crippen molar-refractivity contribution in [2.75, 3.05) is 32.1 Å². The number of aliphatic hydroxyl groups is 1. The van der Waals surface area contributed by atoms with Crippen molar-refractivity contribution in [2.24, 2.45) is 5.92 Å². The van der Waals surface area contributed by atoms with Crippen LogP contribution in [0.3, 0.4) is 0 Å². The Kier molecular flexibility index (Phi) is 12.2. The maximum atomic E-state index is 12.9. The summed E-state index contributed by atoms with van der Waals surface area (Å²) in [5.74, 6) is -0.397. The van der Waals surface area contributed by atoms with Gasteiger partial charge in [0.15, 0.2) is 6.29 Å². The average Bonchev–Trinajstić information content (AvgIpc) is 3.07. The number of methoxy groups -OCH3 is 1. The van der Waals surface area contributed by atoms with Crippen LogP contribution in [0.2, 0.25) is 0 Å². The molecule has 0 saturated carbocycles. The van der Waals surface area contributed by atoms with Crippen LogP contribution in [0.5, 0.6) is 0 Å². The lowest BCUT2D eigenvalue weighted by Crippen LogP contribution is -2.45. The molecule has 9 nitrogen and oxygen atoms in total. The molecule has 0 bridgehead atoms. The number of aliphatic hydroxyl groups excluding tert-OH is 1. The second kappa shape index (κ2) is 16.7. The van der Waals surface area contributed by atoms with Crippen molar-refractivity contribution in [3.63, 3.8) is 0 Å². The van der Waals surface area contributed by atoms with Crippen LogP contribution in [0.25, 0.3) is 0 Å². The molecule has 0 spiro atoms. The average molecular weight is 630 g/mol. The zero-order chi connectivity index (χ0) is 32.3. The summed E-state index contributed by atoms with van der Waals surface area (Å²) in [6.07, 6.45) is 5.80. The van der Waals surface area contributed by atoms with Crippen LogP contribution < -0.4 is 10.6 Å². The molecule has 0 aliphatic carbocycles. The summed E-state index contributed by atoms with van der Waals surface area (Å²) < 4.78 is 18.2. The summed E-state index contributed by atoms with van der Waals surface area (Å²) in [5.41, 5.74) is 4.26. The number of urea groups is 1. The van der Waals surface area contributed by atoms with Gasteiger partial charge in [-0.25, -0.2) is 9.59 Å². The highest BCUT2D eigenvalue weighted by Gasteiger charge is 2.39. The lowest BCUT2D eigenvalue weighted by atomic mass is 9.89. The Bertz CT molecular complexity index is 1380. The van der Waals surface area contributed by atoms with E-state index in [2.05, 4.69) is 22.5 Å². The molecule has 0 radical (unpaired) electrons. The SMILES string of the molecule is COC(=O)C(Cc1ccccc1)NC(=O)Nc1ccc(C2OC(CN3CCCCCCC3)C(C)C(c3ccc(CO)cc3)O2)cc1. The topological polar surface area (TPSA) is 109 Å². The lowest BCUT2D eigenvalue weighted by Gasteiger charge is -2.43. The molecule has 3 aromatic rings. The summed E-state index contributed by atoms with van der Waals surface area (Å²) in [5, 5.41) is 15.1. The van der Waals surface area contributed by atoms with E-state index in [1.165, 1.54) is 39.2 Å². The molecule has 5 atom stereocenters. The number of rotatable bonds is 10. The Morgan fingerprint density at radius 2 is 1.52 bits per heavy atom. The first kappa shape index (κ1) is 33.6. The Morgan fingerprint density at radius 1 is 0.870 bits per heavy atom. The number of carbonyl (C=O) groups excluding carboxylic acids is 2. The number of nitrogens with one attached hydrogen (secondary N) is 2. The van der Waals surface area contributed by atoms with Crippen molar-refractivity contribution in [1.29, 1.82) is 0 Å². The van der Waals surface area contributed by atoms with Gasteiger partial charge in [0.25, 0.3) is 0 Å². The number of nitrogens with zero attached hydrogens (tertiary/aromatic N) is 1. The van der Waals surface area contributed by atoms with Gasteiger partial charge < -0.3 is 34.9 Å². The van der Waals surface area contributed by atoms with E-state index in [0.29, 0.717) is 12.1 Å². The lowest BCUT2D eigenvalue weighted by molar-refractivity contribution is -0.276. The molecule has 2 fully saturated rings. The number of esters is 1. The first-order chi connectivity index (χ1) is 22.4. The van der Waals surface area contributed by atoms with E-state index in [-0.39, 0.29) is 24.7 Å². The monoisotopic (exact) mass is 629 g/mol. The highest BCUT2D eigenvalue weighted by atomic mass is 16.7. The third kappa shape index (κ3) is 9.16. The number of benzene rings is 3. The molecule has 3 aromatic carbocycles. The Labute approximate surface area is 272 Å². The van der Waals surface area contributed by atoms with Crippen molar-refractivity contribution in [1.82, 2.24) is 10.2 Å². The van der Waals surface area contributed by atoms with Gasteiger partial charge in [-0.2, -0.15) is 0 Å². The maximum absolute atomic E-state index is 12.9. The molecule has 9 heteroatoms. The molecular weight excluding hydrogens is 582 g/mol. The minimum Gasteiger partial charge on any atom is -0.467 e. The Morgan fingerprint density at radius 3 is 2.17 bits per heavy atom. The minimum absolute atomic E-state index is 0.000538. The van der Waals surface area contributed by atoms with Crippen LogP contribution >= 0.6 is 0 Å². The number of carbonyl (C=O) groups is 2. The summed E-state index contributed by atoms with van der Waals surface area (Å²) >= 11 is 0. The molecular formula is C37H47N3O6. The standard InChI is InChI=1S/C37H47N3O6/c1-26-33(24-40-21-9-4-3-5-10-22-40)45-36(46-34(26)29-15-13-28(25-41)14-16-29)30-17-19-31(20-18-30)38-37(43)39-32(35(42)44-2)23-27-11-7-6-8-12-27/h6-8,11-20,26,32-34,36,41H,3-5,9-10,21-25H2,1-2H3,(H2,38,39,43). The van der Waals surface area contributed by atoms with Gasteiger partial charge in [-0.05, 0) is 54.8 Å². The molecule has 2 aliphatic rings. The number of hydrogen-bond donors (Lipinski definition) is 3. The van der Waals surface area contributed by atoms with E-state index in [0.717, 1.165) is 41.9 Å². The van der Waals surface area contributed by atoms with Crippen LogP contribution in [0, 0.1) is 5.92 Å². The molecule has 5 unspecified atom stereocenters. The van der Waals surface area contributed by atoms with E-state index in [4.69, 9.17) is 14.2 Å². The molecule has 0 aromatic heterocycles. The molecule has 46 heavy (non-hydrogen) atoms. The Hall–Kier alpha value is -3.76. The number of amides is 2. The first-order valence-electron chi connectivity index (χ1n) is 16.5. The number of likely N-dealkylation sites (tertiary alicyclic amines) is 1. The summed E-state index contributed by atoms with van der Waals surface area (Å²) in [6, 6.07) is 23.5. The fourth-order valence-electron chi connectivity index (χ4n) is 6.31. The molecule has 5 rings (SSSR count). The van der Waals surface area contributed by atoms with E-state index < -0.39 is 24.3 Å². The predicted molar refractivity (Wildman–Crippen MR) is 177 cm³/mol. The van der Waals surface area contributed by atoms with Gasteiger partial charge in [0.2, 0.25) is 0 Å². The summed E-state index contributed by atoms with van der Waals surface area (Å²) in [7, 11) is 1.31. The van der Waals surface area contributed by atoms with Gasteiger partial charge >= 0.3 is 12.0 Å². The van der Waals surface area contributed by atoms with Crippen LogP contribution in [-0.4, -0.2) is 60.9 Å². The number of anilines is 1. The van der Waals surface area contributed by atoms with Crippen molar-refractivity contribution in [3.8, 4) is 0 Å². The fourth-order valence-corrected chi connectivity index (χ4v) is 6.31. The van der Waals surface area contributed by atoms with Gasteiger partial charge in [0.05, 0.1) is 25.9 Å². The molecule has 246 valence electrons. The summed E-state index contributed by atoms with van der Waals surface area (Å²) in [4.78, 5) is 27.8. The van der Waals surface area contributed by atoms with E-state index in [9.17, 15) is 14.7 Å². The van der Waals surface area contributed by atoms with Crippen LogP contribution in [-0.2, 0) is 32.0 Å². The zero-order valence-corrected chi connectivity index (χ0v) is 26.9. The largest absolute Gasteiger partial charge is 0.467 e. The normalized spacial score (nSPS) is 23.0. The molecule has 3 N–H and O–H groups in total. The van der Waals surface area contributed by atoms with Gasteiger partial charge in [0, 0.05) is 30.1 Å². The van der Waals surface area contributed by atoms with Crippen molar-refractivity contribution in [3.05, 3.63) is 101 Å². The van der Waals surface area contributed by atoms with Crippen molar-refractivity contribution in [2.45, 2.75) is 76.6 Å². The van der Waals surface area contributed by atoms with Crippen LogP contribution in [0.1, 0.15) is 73.7 Å². The van der Waals surface area contributed by atoms with Gasteiger partial charge in [-0.3, -0.25) is 0 Å². The fraction of sp³-hybridized carbons (Fsp3) is 0.459. The van der Waals surface area contributed by atoms with Crippen LogP contribution in [0.4, 0.5) is 10.5 Å². The predicted octanol–water partition coefficient (Wildman–Crippen LogP) is 6.14. The zero-order valence-electron chi connectivity index (χ0n) is 26.9. The smallest absolute Gasteiger partial charge is 0.328 e. The molecule has 2 amide bonds. The summed E-state index contributed by atoms with van der Waals surface area (Å²) in [6.45, 7) is 5.20. The molecule has 2 heterocycles. The highest BCUT2D eigenvalue weighted by Crippen LogP contribution is 2.42. The molecule has 2 aliphatic heterocycles. The van der Waals surface area contributed by atoms with Crippen LogP contribution in [0.15, 0.2) is 78.9 Å². The quantitative estimate of drug-likeness (QED) is 0.231. The number of ether oxygens (including phenoxy) is 3. The maximum Gasteiger partial charge on any atom is 0.328 e. The van der Waals surface area contributed by atoms with E-state index >= 15 is 0 Å². The molecule has 2 saturated heterocycles. The minimum atomic E-state index is -0.827. The van der Waals surface area contributed by atoms with Crippen molar-refractivity contribution < 1.29 is 28.9 Å². The second-order valence-electron chi connectivity index (χ2n) is 12.4. The number of hydrogen-bond acceptors (Lipinski definition) is 7. The van der Waals surface area contributed by atoms with Crippen molar-refractivity contribution >= 4 is 17.7 Å². The second-order valence-corrected chi connectivity index (χ2v) is 12.4. The van der Waals surface area contributed by atoms with E-state index in [1.807, 2.05) is 78.9 Å². The third-order valence-corrected chi connectivity index (χ3v) is 9.02. The van der Waals surface area contributed by atoms with Gasteiger partial charge in [-0.15, -0.1) is 0 Å².